The van der Waals surface area contributed by atoms with Crippen LogP contribution >= 0.6 is 0 Å². The second kappa shape index (κ2) is 6.16. The molecule has 1 rings (SSSR count). The van der Waals surface area contributed by atoms with Gasteiger partial charge in [0.05, 0.1) is 26.4 Å². The average molecular weight is 226 g/mol. The number of ketones is 1. The molecule has 0 amide bonds. The predicted molar refractivity (Wildman–Crippen MR) is 63.4 cm³/mol. The van der Waals surface area contributed by atoms with E-state index in [1.54, 1.807) is 0 Å². The Morgan fingerprint density at radius 1 is 1.50 bits per heavy atom. The Morgan fingerprint density at radius 3 is 2.69 bits per heavy atom. The first-order valence-electron chi connectivity index (χ1n) is 5.93. The van der Waals surface area contributed by atoms with Gasteiger partial charge in [-0.15, -0.1) is 0 Å². The molecule has 0 atom stereocenters. The average Bonchev–Trinajstić information content (AvgIpc) is 2.22. The molecule has 1 fully saturated rings. The molecule has 0 unspecified atom stereocenters. The van der Waals surface area contributed by atoms with Crippen LogP contribution in [0.2, 0.25) is 0 Å². The highest BCUT2D eigenvalue weighted by Gasteiger charge is 2.33. The van der Waals surface area contributed by atoms with Crippen molar-refractivity contribution in [1.29, 1.82) is 0 Å². The lowest BCUT2D eigenvalue weighted by atomic mass is 9.90. The van der Waals surface area contributed by atoms with Crippen molar-refractivity contribution in [3.8, 4) is 0 Å². The standard InChI is InChI=1S/C13H22O3/c1-4-5-12(14)11(2)6-7-15-8-13(3)9-16-10-13/h6H,4-5,7-10H2,1-3H3/b11-6+. The molecule has 0 saturated carbocycles. The number of Topliss-reactive ketones (excluding diaryl/α,β-unsaturated/α-hetero) is 1. The van der Waals surface area contributed by atoms with Crippen molar-refractivity contribution in [1.82, 2.24) is 0 Å². The highest BCUT2D eigenvalue weighted by molar-refractivity contribution is 5.94. The van der Waals surface area contributed by atoms with Crippen molar-refractivity contribution in [2.45, 2.75) is 33.6 Å². The lowest BCUT2D eigenvalue weighted by Crippen LogP contribution is -2.43. The van der Waals surface area contributed by atoms with Gasteiger partial charge in [-0.1, -0.05) is 19.9 Å². The zero-order chi connectivity index (χ0) is 12.0. The highest BCUT2D eigenvalue weighted by atomic mass is 16.5. The summed E-state index contributed by atoms with van der Waals surface area (Å²) in [6, 6.07) is 0. The van der Waals surface area contributed by atoms with Crippen LogP contribution in [0.4, 0.5) is 0 Å². The second-order valence-electron chi connectivity index (χ2n) is 4.88. The molecule has 92 valence electrons. The molecule has 1 aliphatic heterocycles. The highest BCUT2D eigenvalue weighted by Crippen LogP contribution is 2.26. The van der Waals surface area contributed by atoms with Crippen molar-refractivity contribution in [2.24, 2.45) is 5.41 Å². The summed E-state index contributed by atoms with van der Waals surface area (Å²) < 4.78 is 10.7. The molecule has 0 radical (unpaired) electrons. The van der Waals surface area contributed by atoms with Crippen molar-refractivity contribution >= 4 is 5.78 Å². The Labute approximate surface area is 97.8 Å². The molecule has 0 N–H and O–H groups in total. The lowest BCUT2D eigenvalue weighted by Gasteiger charge is -2.37. The van der Waals surface area contributed by atoms with Gasteiger partial charge in [0.25, 0.3) is 0 Å². The molecule has 0 aromatic rings. The maximum absolute atomic E-state index is 11.5. The number of hydrogen-bond acceptors (Lipinski definition) is 3. The summed E-state index contributed by atoms with van der Waals surface area (Å²) in [5, 5.41) is 0. The summed E-state index contributed by atoms with van der Waals surface area (Å²) in [7, 11) is 0. The van der Waals surface area contributed by atoms with Crippen LogP contribution in [0, 0.1) is 5.41 Å². The van der Waals surface area contributed by atoms with Crippen molar-refractivity contribution in [2.75, 3.05) is 26.4 Å². The number of rotatable bonds is 7. The summed E-state index contributed by atoms with van der Waals surface area (Å²) >= 11 is 0. The van der Waals surface area contributed by atoms with Gasteiger partial charge in [-0.25, -0.2) is 0 Å². The first-order valence-corrected chi connectivity index (χ1v) is 5.93. The fraction of sp³-hybridized carbons (Fsp3) is 0.769. The summed E-state index contributed by atoms with van der Waals surface area (Å²) in [6.45, 7) is 8.81. The van der Waals surface area contributed by atoms with Gasteiger partial charge in [-0.2, -0.15) is 0 Å². The molecule has 0 aromatic carbocycles. The smallest absolute Gasteiger partial charge is 0.158 e. The fourth-order valence-corrected chi connectivity index (χ4v) is 1.56. The monoisotopic (exact) mass is 226 g/mol. The van der Waals surface area contributed by atoms with E-state index in [9.17, 15) is 4.79 Å². The maximum atomic E-state index is 11.5. The third-order valence-electron chi connectivity index (χ3n) is 2.78. The van der Waals surface area contributed by atoms with E-state index in [0.717, 1.165) is 25.2 Å². The topological polar surface area (TPSA) is 35.5 Å². The molecule has 1 aliphatic rings. The zero-order valence-corrected chi connectivity index (χ0v) is 10.5. The van der Waals surface area contributed by atoms with Crippen molar-refractivity contribution in [3.63, 3.8) is 0 Å². The van der Waals surface area contributed by atoms with E-state index in [-0.39, 0.29) is 11.2 Å². The maximum Gasteiger partial charge on any atom is 0.158 e. The third-order valence-corrected chi connectivity index (χ3v) is 2.78. The van der Waals surface area contributed by atoms with Gasteiger partial charge >= 0.3 is 0 Å². The molecule has 0 bridgehead atoms. The largest absolute Gasteiger partial charge is 0.380 e. The van der Waals surface area contributed by atoms with E-state index < -0.39 is 0 Å². The van der Waals surface area contributed by atoms with E-state index in [1.807, 2.05) is 19.9 Å². The Kier molecular flexibility index (Phi) is 5.16. The van der Waals surface area contributed by atoms with E-state index in [4.69, 9.17) is 9.47 Å². The van der Waals surface area contributed by atoms with Gasteiger partial charge in [0.2, 0.25) is 0 Å². The molecular weight excluding hydrogens is 204 g/mol. The van der Waals surface area contributed by atoms with Gasteiger partial charge in [-0.05, 0) is 18.9 Å². The first-order chi connectivity index (χ1) is 7.57. The van der Waals surface area contributed by atoms with Crippen LogP contribution in [0.5, 0.6) is 0 Å². The van der Waals surface area contributed by atoms with Crippen LogP contribution in [-0.2, 0) is 14.3 Å². The summed E-state index contributed by atoms with van der Waals surface area (Å²) in [5.74, 6) is 0.226. The molecule has 3 heteroatoms. The summed E-state index contributed by atoms with van der Waals surface area (Å²) in [6.07, 6.45) is 3.41. The quantitative estimate of drug-likeness (QED) is 0.494. The minimum Gasteiger partial charge on any atom is -0.380 e. The van der Waals surface area contributed by atoms with E-state index >= 15 is 0 Å². The molecule has 3 nitrogen and oxygen atoms in total. The molecule has 1 heterocycles. The second-order valence-corrected chi connectivity index (χ2v) is 4.88. The van der Waals surface area contributed by atoms with Crippen LogP contribution < -0.4 is 0 Å². The van der Waals surface area contributed by atoms with E-state index in [2.05, 4.69) is 6.92 Å². The van der Waals surface area contributed by atoms with Crippen LogP contribution in [0.25, 0.3) is 0 Å². The predicted octanol–water partition coefficient (Wildman–Crippen LogP) is 2.36. The Morgan fingerprint density at radius 2 is 2.19 bits per heavy atom. The summed E-state index contributed by atoms with van der Waals surface area (Å²) in [5.41, 5.74) is 1.01. The Hall–Kier alpha value is -0.670. The number of ether oxygens (including phenoxy) is 2. The molecule has 16 heavy (non-hydrogen) atoms. The van der Waals surface area contributed by atoms with E-state index in [0.29, 0.717) is 19.6 Å². The Bertz CT molecular complexity index is 264. The number of allylic oxidation sites excluding steroid dienone is 1. The van der Waals surface area contributed by atoms with Crippen LogP contribution in [0.15, 0.2) is 11.6 Å². The molecule has 0 aromatic heterocycles. The normalized spacial score (nSPS) is 19.3. The van der Waals surface area contributed by atoms with Crippen molar-refractivity contribution < 1.29 is 14.3 Å². The van der Waals surface area contributed by atoms with Crippen molar-refractivity contribution in [3.05, 3.63) is 11.6 Å². The van der Waals surface area contributed by atoms with Gasteiger partial charge < -0.3 is 9.47 Å². The molecule has 0 spiro atoms. The van der Waals surface area contributed by atoms with Gasteiger partial charge in [-0.3, -0.25) is 4.79 Å². The lowest BCUT2D eigenvalue weighted by molar-refractivity contribution is -0.135. The first kappa shape index (κ1) is 13.4. The van der Waals surface area contributed by atoms with E-state index in [1.165, 1.54) is 0 Å². The minimum atomic E-state index is 0.190. The van der Waals surface area contributed by atoms with Crippen LogP contribution in [0.3, 0.4) is 0 Å². The van der Waals surface area contributed by atoms with Gasteiger partial charge in [0.15, 0.2) is 5.78 Å². The number of carbonyl (C=O) groups is 1. The number of carbonyl (C=O) groups excluding carboxylic acids is 1. The SMILES string of the molecule is CCCC(=O)/C(C)=C/COCC1(C)COC1. The third kappa shape index (κ3) is 4.06. The molecule has 1 saturated heterocycles. The number of hydrogen-bond donors (Lipinski definition) is 0. The minimum absolute atomic E-state index is 0.190. The molecule has 0 aliphatic carbocycles. The van der Waals surface area contributed by atoms with Crippen LogP contribution in [-0.4, -0.2) is 32.2 Å². The summed E-state index contributed by atoms with van der Waals surface area (Å²) in [4.78, 5) is 11.5. The van der Waals surface area contributed by atoms with Gasteiger partial charge in [0.1, 0.15) is 0 Å². The molecular formula is C13H22O3. The Balaban J connectivity index is 2.17. The van der Waals surface area contributed by atoms with Gasteiger partial charge in [0, 0.05) is 11.8 Å². The zero-order valence-electron chi connectivity index (χ0n) is 10.5. The fourth-order valence-electron chi connectivity index (χ4n) is 1.56. The van der Waals surface area contributed by atoms with Crippen LogP contribution in [0.1, 0.15) is 33.6 Å².